The van der Waals surface area contributed by atoms with Crippen LogP contribution in [0.3, 0.4) is 0 Å². The number of rotatable bonds is 8. The first-order valence-corrected chi connectivity index (χ1v) is 15.8. The van der Waals surface area contributed by atoms with E-state index in [0.29, 0.717) is 31.1 Å². The second-order valence-electron chi connectivity index (χ2n) is 10.5. The van der Waals surface area contributed by atoms with Crippen LogP contribution >= 0.6 is 11.3 Å². The third kappa shape index (κ3) is 6.06. The van der Waals surface area contributed by atoms with Crippen LogP contribution in [0.15, 0.2) is 41.3 Å². The van der Waals surface area contributed by atoms with E-state index in [1.807, 2.05) is 6.07 Å². The van der Waals surface area contributed by atoms with Gasteiger partial charge in [0.2, 0.25) is 10.0 Å². The molecule has 0 bridgehead atoms. The monoisotopic (exact) mass is 571 g/mol. The molecule has 5 rings (SSSR count). The van der Waals surface area contributed by atoms with Crippen molar-refractivity contribution in [2.75, 3.05) is 64.4 Å². The fourth-order valence-electron chi connectivity index (χ4n) is 5.28. The minimum absolute atomic E-state index is 0.192. The number of methoxy groups -OCH3 is 1. The molecule has 2 fully saturated rings. The highest BCUT2D eigenvalue weighted by Gasteiger charge is 2.28. The molecule has 0 saturated carbocycles. The number of fused-ring (bicyclic) bond motifs is 1. The molecule has 1 amide bonds. The van der Waals surface area contributed by atoms with E-state index in [-0.39, 0.29) is 10.8 Å². The molecular weight excluding hydrogens is 534 g/mol. The fraction of sp³-hybridized carbons (Fsp3) is 0.500. The standard InChI is InChI=1S/C28H37N5O4S2/c1-20-5-4-13-33(19-20)39(35,36)23-9-7-22(8-10-23)27(34)29-12-14-31-15-17-32(18-16-31)28-30-25-24(37-3)11-6-21(2)26(25)38-28/h6-11,20H,4-5,12-19H2,1-3H3,(H,29,34). The van der Waals surface area contributed by atoms with Gasteiger partial charge in [0.15, 0.2) is 5.13 Å². The number of carbonyl (C=O) groups excluding carboxylic acids is 1. The molecule has 3 aromatic rings. The molecule has 2 saturated heterocycles. The van der Waals surface area contributed by atoms with Gasteiger partial charge < -0.3 is 15.0 Å². The normalized spacial score (nSPS) is 19.4. The van der Waals surface area contributed by atoms with Crippen LogP contribution in [0.5, 0.6) is 5.75 Å². The Morgan fingerprint density at radius 1 is 1.10 bits per heavy atom. The van der Waals surface area contributed by atoms with E-state index in [1.165, 1.54) is 10.3 Å². The van der Waals surface area contributed by atoms with Crippen molar-refractivity contribution in [2.24, 2.45) is 5.92 Å². The highest BCUT2D eigenvalue weighted by Crippen LogP contribution is 2.36. The Balaban J connectivity index is 1.10. The van der Waals surface area contributed by atoms with Crippen molar-refractivity contribution in [1.82, 2.24) is 19.5 Å². The summed E-state index contributed by atoms with van der Waals surface area (Å²) in [6, 6.07) is 10.3. The van der Waals surface area contributed by atoms with Crippen molar-refractivity contribution in [2.45, 2.75) is 31.6 Å². The van der Waals surface area contributed by atoms with Crippen molar-refractivity contribution >= 4 is 42.6 Å². The number of hydrogen-bond donors (Lipinski definition) is 1. The molecule has 0 spiro atoms. The van der Waals surface area contributed by atoms with Gasteiger partial charge in [-0.1, -0.05) is 24.3 Å². The number of aromatic nitrogens is 1. The highest BCUT2D eigenvalue weighted by molar-refractivity contribution is 7.89. The van der Waals surface area contributed by atoms with E-state index in [2.05, 4.69) is 35.0 Å². The van der Waals surface area contributed by atoms with Gasteiger partial charge in [0.25, 0.3) is 5.91 Å². The average Bonchev–Trinajstić information content (AvgIpc) is 3.40. The lowest BCUT2D eigenvalue weighted by Gasteiger charge is -2.34. The zero-order valence-electron chi connectivity index (χ0n) is 22.9. The second-order valence-corrected chi connectivity index (χ2v) is 13.4. The summed E-state index contributed by atoms with van der Waals surface area (Å²) < 4.78 is 34.2. The van der Waals surface area contributed by atoms with Crippen LogP contribution in [0, 0.1) is 12.8 Å². The topological polar surface area (TPSA) is 95.1 Å². The summed E-state index contributed by atoms with van der Waals surface area (Å²) in [5, 5.41) is 3.99. The molecule has 1 aromatic heterocycles. The van der Waals surface area contributed by atoms with Gasteiger partial charge in [-0.3, -0.25) is 9.69 Å². The Hall–Kier alpha value is -2.73. The van der Waals surface area contributed by atoms with E-state index >= 15 is 0 Å². The molecular formula is C28H37N5O4S2. The quantitative estimate of drug-likeness (QED) is 0.442. The number of thiazole rings is 1. The number of carbonyl (C=O) groups is 1. The Bertz CT molecular complexity index is 1420. The Kier molecular flexibility index (Phi) is 8.41. The Morgan fingerprint density at radius 3 is 2.54 bits per heavy atom. The molecule has 0 radical (unpaired) electrons. The van der Waals surface area contributed by atoms with Crippen molar-refractivity contribution < 1.29 is 17.9 Å². The van der Waals surface area contributed by atoms with E-state index in [9.17, 15) is 13.2 Å². The van der Waals surface area contributed by atoms with Crippen LogP contribution in [0.25, 0.3) is 10.2 Å². The fourth-order valence-corrected chi connectivity index (χ4v) is 7.98. The van der Waals surface area contributed by atoms with Gasteiger partial charge in [-0.25, -0.2) is 13.4 Å². The molecule has 3 heterocycles. The molecule has 210 valence electrons. The Morgan fingerprint density at radius 2 is 1.85 bits per heavy atom. The molecule has 2 aliphatic heterocycles. The number of hydrogen-bond acceptors (Lipinski definition) is 8. The number of sulfonamides is 1. The van der Waals surface area contributed by atoms with Gasteiger partial charge in [-0.05, 0) is 61.6 Å². The zero-order valence-corrected chi connectivity index (χ0v) is 24.5. The summed E-state index contributed by atoms with van der Waals surface area (Å²) in [6.45, 7) is 10.1. The lowest BCUT2D eigenvalue weighted by Crippen LogP contribution is -2.48. The molecule has 1 unspecified atom stereocenters. The van der Waals surface area contributed by atoms with Crippen LogP contribution in [-0.4, -0.2) is 88.0 Å². The molecule has 11 heteroatoms. The first kappa shape index (κ1) is 27.8. The predicted molar refractivity (Wildman–Crippen MR) is 155 cm³/mol. The maximum atomic E-state index is 13.0. The summed E-state index contributed by atoms with van der Waals surface area (Å²) in [5.74, 6) is 0.978. The van der Waals surface area contributed by atoms with Crippen molar-refractivity contribution in [3.05, 3.63) is 47.5 Å². The Labute approximate surface area is 234 Å². The lowest BCUT2D eigenvalue weighted by molar-refractivity contribution is 0.0947. The minimum atomic E-state index is -3.53. The van der Waals surface area contributed by atoms with Crippen LogP contribution in [0.4, 0.5) is 5.13 Å². The summed E-state index contributed by atoms with van der Waals surface area (Å²) >= 11 is 1.71. The number of piperazine rings is 1. The van der Waals surface area contributed by atoms with Gasteiger partial charge in [0.1, 0.15) is 11.3 Å². The average molecular weight is 572 g/mol. The number of amides is 1. The van der Waals surface area contributed by atoms with E-state index in [4.69, 9.17) is 9.72 Å². The summed E-state index contributed by atoms with van der Waals surface area (Å²) in [4.78, 5) is 22.4. The number of benzene rings is 2. The van der Waals surface area contributed by atoms with Crippen LogP contribution in [-0.2, 0) is 10.0 Å². The first-order chi connectivity index (χ1) is 18.8. The maximum absolute atomic E-state index is 13.0. The number of aryl methyl sites for hydroxylation is 1. The third-order valence-electron chi connectivity index (χ3n) is 7.64. The molecule has 2 aliphatic rings. The van der Waals surface area contributed by atoms with E-state index < -0.39 is 10.0 Å². The van der Waals surface area contributed by atoms with Crippen LogP contribution < -0.4 is 15.0 Å². The number of nitrogens with one attached hydrogen (secondary N) is 1. The van der Waals surface area contributed by atoms with Crippen molar-refractivity contribution in [1.29, 1.82) is 0 Å². The van der Waals surface area contributed by atoms with Crippen molar-refractivity contribution in [3.63, 3.8) is 0 Å². The lowest BCUT2D eigenvalue weighted by atomic mass is 10.0. The summed E-state index contributed by atoms with van der Waals surface area (Å²) in [5.41, 5.74) is 2.60. The van der Waals surface area contributed by atoms with Gasteiger partial charge >= 0.3 is 0 Å². The molecule has 1 atom stereocenters. The highest BCUT2D eigenvalue weighted by atomic mass is 32.2. The molecule has 1 N–H and O–H groups in total. The molecule has 2 aromatic carbocycles. The van der Waals surface area contributed by atoms with Gasteiger partial charge in [0.05, 0.1) is 16.7 Å². The first-order valence-electron chi connectivity index (χ1n) is 13.6. The molecule has 9 nitrogen and oxygen atoms in total. The number of anilines is 1. The molecule has 0 aliphatic carbocycles. The largest absolute Gasteiger partial charge is 0.494 e. The summed E-state index contributed by atoms with van der Waals surface area (Å²) in [7, 11) is -1.85. The van der Waals surface area contributed by atoms with Crippen molar-refractivity contribution in [3.8, 4) is 5.75 Å². The maximum Gasteiger partial charge on any atom is 0.251 e. The minimum Gasteiger partial charge on any atom is -0.494 e. The van der Waals surface area contributed by atoms with Crippen LogP contribution in [0.1, 0.15) is 35.7 Å². The second kappa shape index (κ2) is 11.8. The van der Waals surface area contributed by atoms with Gasteiger partial charge in [-0.15, -0.1) is 0 Å². The predicted octanol–water partition coefficient (Wildman–Crippen LogP) is 3.59. The van der Waals surface area contributed by atoms with Crippen LogP contribution in [0.2, 0.25) is 0 Å². The smallest absolute Gasteiger partial charge is 0.251 e. The number of nitrogens with zero attached hydrogens (tertiary/aromatic N) is 4. The SMILES string of the molecule is COc1ccc(C)c2sc(N3CCN(CCNC(=O)c4ccc(S(=O)(=O)N5CCCC(C)C5)cc4)CC3)nc12. The van der Waals surface area contributed by atoms with E-state index in [1.54, 1.807) is 47.0 Å². The molecule has 39 heavy (non-hydrogen) atoms. The van der Waals surface area contributed by atoms with Gasteiger partial charge in [-0.2, -0.15) is 4.31 Å². The van der Waals surface area contributed by atoms with E-state index in [0.717, 1.165) is 62.0 Å². The summed E-state index contributed by atoms with van der Waals surface area (Å²) in [6.07, 6.45) is 1.94. The third-order valence-corrected chi connectivity index (χ3v) is 10.8. The number of ether oxygens (including phenoxy) is 1. The zero-order chi connectivity index (χ0) is 27.6. The van der Waals surface area contributed by atoms with Gasteiger partial charge in [0, 0.05) is 57.9 Å². The number of piperidine rings is 1.